The van der Waals surface area contributed by atoms with E-state index in [4.69, 9.17) is 4.74 Å². The number of carbonyl (C=O) groups excluding carboxylic acids is 1. The van der Waals surface area contributed by atoms with Crippen LogP contribution in [0.15, 0.2) is 0 Å². The van der Waals surface area contributed by atoms with Gasteiger partial charge in [-0.15, -0.1) is 0 Å². The smallest absolute Gasteiger partial charge is 0.308 e. The highest BCUT2D eigenvalue weighted by molar-refractivity contribution is 9.09. The molecule has 0 aromatic rings. The maximum Gasteiger partial charge on any atom is 0.308 e. The zero-order chi connectivity index (χ0) is 10.4. The lowest BCUT2D eigenvalue weighted by molar-refractivity contribution is -0.148. The summed E-state index contributed by atoms with van der Waals surface area (Å²) in [6.07, 6.45) is 5.60. The number of hydrogen-bond donors (Lipinski definition) is 0. The van der Waals surface area contributed by atoms with E-state index >= 15 is 0 Å². The van der Waals surface area contributed by atoms with E-state index < -0.39 is 0 Å². The molecule has 0 heterocycles. The van der Waals surface area contributed by atoms with E-state index in [1.165, 1.54) is 12.8 Å². The van der Waals surface area contributed by atoms with Crippen LogP contribution in [0.2, 0.25) is 0 Å². The summed E-state index contributed by atoms with van der Waals surface area (Å²) >= 11 is 3.52. The summed E-state index contributed by atoms with van der Waals surface area (Å²) in [6.45, 7) is 2.38. The monoisotopic (exact) mass is 262 g/mol. The fourth-order valence-electron chi connectivity index (χ4n) is 2.03. The van der Waals surface area contributed by atoms with Crippen LogP contribution in [0.3, 0.4) is 0 Å². The van der Waals surface area contributed by atoms with Crippen molar-refractivity contribution < 1.29 is 9.53 Å². The molecule has 0 saturated heterocycles. The summed E-state index contributed by atoms with van der Waals surface area (Å²) in [5.41, 5.74) is 0. The number of ether oxygens (including phenoxy) is 1. The van der Waals surface area contributed by atoms with E-state index in [9.17, 15) is 4.79 Å². The summed E-state index contributed by atoms with van der Waals surface area (Å²) in [6, 6.07) is 0. The summed E-state index contributed by atoms with van der Waals surface area (Å²) < 4.78 is 5.06. The van der Waals surface area contributed by atoms with Gasteiger partial charge in [0.15, 0.2) is 0 Å². The van der Waals surface area contributed by atoms with Gasteiger partial charge in [-0.1, -0.05) is 22.4 Å². The molecule has 2 unspecified atom stereocenters. The molecule has 1 aliphatic rings. The number of hydrogen-bond acceptors (Lipinski definition) is 2. The molecule has 0 bridgehead atoms. The Morgan fingerprint density at radius 2 is 2.14 bits per heavy atom. The Morgan fingerprint density at radius 3 is 2.79 bits per heavy atom. The molecule has 1 saturated carbocycles. The van der Waals surface area contributed by atoms with Crippen LogP contribution in [0.4, 0.5) is 0 Å². The Bertz CT molecular complexity index is 182. The van der Waals surface area contributed by atoms with E-state index in [1.54, 1.807) is 0 Å². The highest BCUT2D eigenvalue weighted by Gasteiger charge is 2.24. The fraction of sp³-hybridized carbons (Fsp3) is 0.909. The zero-order valence-electron chi connectivity index (χ0n) is 8.80. The zero-order valence-corrected chi connectivity index (χ0v) is 10.4. The second-order valence-corrected chi connectivity index (χ2v) is 4.63. The molecule has 0 aliphatic heterocycles. The lowest BCUT2D eigenvalue weighted by Gasteiger charge is -2.12. The minimum atomic E-state index is 0.0164. The molecule has 1 aliphatic carbocycles. The van der Waals surface area contributed by atoms with E-state index in [-0.39, 0.29) is 11.9 Å². The molecular formula is C11H19BrO2. The van der Waals surface area contributed by atoms with Crippen LogP contribution in [0.25, 0.3) is 0 Å². The van der Waals surface area contributed by atoms with Gasteiger partial charge in [0.25, 0.3) is 0 Å². The van der Waals surface area contributed by atoms with Crippen LogP contribution in [0.1, 0.15) is 39.0 Å². The molecule has 0 N–H and O–H groups in total. The average molecular weight is 263 g/mol. The quantitative estimate of drug-likeness (QED) is 0.444. The normalized spacial score (nSPS) is 28.1. The maximum atomic E-state index is 11.5. The first-order valence-electron chi connectivity index (χ1n) is 5.50. The molecule has 14 heavy (non-hydrogen) atoms. The third-order valence-electron chi connectivity index (χ3n) is 2.93. The predicted octanol–water partition coefficient (Wildman–Crippen LogP) is 3.14. The maximum absolute atomic E-state index is 11.5. The third-order valence-corrected chi connectivity index (χ3v) is 3.84. The minimum absolute atomic E-state index is 0.0164. The highest BCUT2D eigenvalue weighted by Crippen LogP contribution is 2.28. The summed E-state index contributed by atoms with van der Waals surface area (Å²) in [7, 11) is 0. The van der Waals surface area contributed by atoms with Gasteiger partial charge >= 0.3 is 5.97 Å². The molecule has 0 aromatic carbocycles. The molecular weight excluding hydrogens is 244 g/mol. The Kier molecular flexibility index (Phi) is 5.53. The van der Waals surface area contributed by atoms with Crippen LogP contribution >= 0.6 is 15.9 Å². The Hall–Kier alpha value is -0.0500. The second kappa shape index (κ2) is 6.44. The number of carbonyl (C=O) groups is 1. The molecule has 0 amide bonds. The summed E-state index contributed by atoms with van der Waals surface area (Å²) in [5, 5.41) is 1.07. The van der Waals surface area contributed by atoms with Crippen LogP contribution in [0, 0.1) is 11.8 Å². The number of halogens is 1. The molecule has 1 rings (SSSR count). The standard InChI is InChI=1S/C11H19BrO2/c1-2-14-11(13)10-5-3-4-9(8-12)6-7-10/h9-10H,2-8H2,1H3. The third kappa shape index (κ3) is 3.60. The van der Waals surface area contributed by atoms with Crippen LogP contribution in [-0.4, -0.2) is 17.9 Å². The Labute approximate surface area is 94.5 Å². The van der Waals surface area contributed by atoms with E-state index in [0.29, 0.717) is 6.61 Å². The molecule has 0 spiro atoms. The molecule has 2 nitrogen and oxygen atoms in total. The molecule has 82 valence electrons. The van der Waals surface area contributed by atoms with Crippen molar-refractivity contribution in [2.24, 2.45) is 11.8 Å². The van der Waals surface area contributed by atoms with Crippen LogP contribution < -0.4 is 0 Å². The van der Waals surface area contributed by atoms with Gasteiger partial charge < -0.3 is 4.74 Å². The van der Waals surface area contributed by atoms with E-state index in [2.05, 4.69) is 15.9 Å². The van der Waals surface area contributed by atoms with Crippen molar-refractivity contribution in [2.45, 2.75) is 39.0 Å². The SMILES string of the molecule is CCOC(=O)C1CCCC(CBr)CC1. The van der Waals surface area contributed by atoms with Crippen molar-refractivity contribution in [1.82, 2.24) is 0 Å². The van der Waals surface area contributed by atoms with Gasteiger partial charge in [-0.2, -0.15) is 0 Å². The first-order chi connectivity index (χ1) is 6.77. The Morgan fingerprint density at radius 1 is 1.36 bits per heavy atom. The summed E-state index contributed by atoms with van der Waals surface area (Å²) in [4.78, 5) is 11.5. The number of alkyl halides is 1. The largest absolute Gasteiger partial charge is 0.466 e. The number of esters is 1. The van der Waals surface area contributed by atoms with Gasteiger partial charge in [0.05, 0.1) is 12.5 Å². The van der Waals surface area contributed by atoms with Crippen molar-refractivity contribution in [1.29, 1.82) is 0 Å². The van der Waals surface area contributed by atoms with Crippen molar-refractivity contribution in [3.8, 4) is 0 Å². The first kappa shape index (κ1) is 12.0. The van der Waals surface area contributed by atoms with Crippen molar-refractivity contribution in [3.05, 3.63) is 0 Å². The van der Waals surface area contributed by atoms with E-state index in [1.807, 2.05) is 6.92 Å². The summed E-state index contributed by atoms with van der Waals surface area (Å²) in [5.74, 6) is 0.941. The first-order valence-corrected chi connectivity index (χ1v) is 6.62. The molecule has 0 aromatic heterocycles. The average Bonchev–Trinajstić information content (AvgIpc) is 2.42. The van der Waals surface area contributed by atoms with Gasteiger partial charge in [-0.25, -0.2) is 0 Å². The Balaban J connectivity index is 2.37. The van der Waals surface area contributed by atoms with Crippen molar-refractivity contribution in [3.63, 3.8) is 0 Å². The lowest BCUT2D eigenvalue weighted by atomic mass is 9.99. The van der Waals surface area contributed by atoms with Crippen molar-refractivity contribution in [2.75, 3.05) is 11.9 Å². The molecule has 1 fully saturated rings. The van der Waals surface area contributed by atoms with Gasteiger partial charge in [-0.05, 0) is 38.5 Å². The van der Waals surface area contributed by atoms with Gasteiger partial charge in [0, 0.05) is 5.33 Å². The van der Waals surface area contributed by atoms with Crippen molar-refractivity contribution >= 4 is 21.9 Å². The number of rotatable bonds is 3. The van der Waals surface area contributed by atoms with E-state index in [0.717, 1.165) is 30.5 Å². The van der Waals surface area contributed by atoms with Gasteiger partial charge in [0.1, 0.15) is 0 Å². The second-order valence-electron chi connectivity index (χ2n) is 3.98. The van der Waals surface area contributed by atoms with Crippen LogP contribution in [-0.2, 0) is 9.53 Å². The highest BCUT2D eigenvalue weighted by atomic mass is 79.9. The molecule has 0 radical (unpaired) electrons. The van der Waals surface area contributed by atoms with Gasteiger partial charge in [-0.3, -0.25) is 4.79 Å². The lowest BCUT2D eigenvalue weighted by Crippen LogP contribution is -2.17. The van der Waals surface area contributed by atoms with Gasteiger partial charge in [0.2, 0.25) is 0 Å². The van der Waals surface area contributed by atoms with Crippen LogP contribution in [0.5, 0.6) is 0 Å². The fourth-order valence-corrected chi connectivity index (χ4v) is 2.68. The molecule has 2 atom stereocenters. The molecule has 3 heteroatoms. The minimum Gasteiger partial charge on any atom is -0.466 e. The predicted molar refractivity (Wildman–Crippen MR) is 60.5 cm³/mol. The topological polar surface area (TPSA) is 26.3 Å².